The molecule has 29 heavy (non-hydrogen) atoms. The summed E-state index contributed by atoms with van der Waals surface area (Å²) < 4.78 is 6.25. The molecule has 4 heteroatoms. The highest BCUT2D eigenvalue weighted by atomic mass is 16.5. The van der Waals surface area contributed by atoms with Crippen molar-refractivity contribution < 1.29 is 4.74 Å². The minimum atomic E-state index is 0.838. The van der Waals surface area contributed by atoms with Crippen molar-refractivity contribution in [2.75, 3.05) is 18.4 Å². The lowest BCUT2D eigenvalue weighted by atomic mass is 10.0. The van der Waals surface area contributed by atoms with Crippen LogP contribution >= 0.6 is 0 Å². The molecule has 3 aromatic carbocycles. The van der Waals surface area contributed by atoms with Crippen molar-refractivity contribution in [3.8, 4) is 22.6 Å². The van der Waals surface area contributed by atoms with E-state index < -0.39 is 0 Å². The number of hydrogen-bond donors (Lipinski definition) is 2. The third kappa shape index (κ3) is 4.60. The number of aryl methyl sites for hydroxylation is 3. The molecule has 4 nitrogen and oxygen atoms in total. The van der Waals surface area contributed by atoms with Crippen LogP contribution in [0, 0.1) is 20.8 Å². The molecule has 4 rings (SSSR count). The molecule has 0 atom stereocenters. The molecule has 0 aromatic heterocycles. The van der Waals surface area contributed by atoms with Crippen molar-refractivity contribution in [2.45, 2.75) is 27.2 Å². The van der Waals surface area contributed by atoms with Gasteiger partial charge in [0.05, 0.1) is 0 Å². The van der Waals surface area contributed by atoms with Gasteiger partial charge in [-0.3, -0.25) is 4.99 Å². The van der Waals surface area contributed by atoms with Crippen LogP contribution in [0.2, 0.25) is 0 Å². The Kier molecular flexibility index (Phi) is 5.52. The average Bonchev–Trinajstić information content (AvgIpc) is 2.73. The minimum absolute atomic E-state index is 0.838. The predicted octanol–water partition coefficient (Wildman–Crippen LogP) is 5.83. The topological polar surface area (TPSA) is 45.6 Å². The van der Waals surface area contributed by atoms with Crippen LogP contribution in [-0.4, -0.2) is 19.0 Å². The maximum absolute atomic E-state index is 6.25. The Morgan fingerprint density at radius 1 is 0.897 bits per heavy atom. The molecule has 0 saturated heterocycles. The monoisotopic (exact) mass is 385 g/mol. The van der Waals surface area contributed by atoms with E-state index in [1.165, 1.54) is 11.1 Å². The maximum atomic E-state index is 6.25. The number of anilines is 1. The van der Waals surface area contributed by atoms with Gasteiger partial charge in [0.2, 0.25) is 0 Å². The van der Waals surface area contributed by atoms with Gasteiger partial charge in [-0.15, -0.1) is 0 Å². The van der Waals surface area contributed by atoms with Crippen molar-refractivity contribution in [1.82, 2.24) is 5.32 Å². The van der Waals surface area contributed by atoms with Crippen LogP contribution in [0.15, 0.2) is 65.7 Å². The van der Waals surface area contributed by atoms with Gasteiger partial charge in [0.15, 0.2) is 5.96 Å². The molecule has 0 fully saturated rings. The number of aliphatic imine (C=N–C) groups is 1. The fraction of sp³-hybridized carbons (Fsp3) is 0.240. The Hall–Kier alpha value is -3.27. The number of ether oxygens (including phenoxy) is 1. The molecule has 148 valence electrons. The quantitative estimate of drug-likeness (QED) is 0.594. The van der Waals surface area contributed by atoms with Gasteiger partial charge < -0.3 is 15.4 Å². The van der Waals surface area contributed by atoms with Gasteiger partial charge in [0.1, 0.15) is 11.5 Å². The third-order valence-electron chi connectivity index (χ3n) is 5.12. The van der Waals surface area contributed by atoms with Crippen molar-refractivity contribution in [1.29, 1.82) is 0 Å². The second-order valence-electron chi connectivity index (χ2n) is 7.56. The van der Waals surface area contributed by atoms with Gasteiger partial charge >= 0.3 is 0 Å². The predicted molar refractivity (Wildman–Crippen MR) is 121 cm³/mol. The Bertz CT molecular complexity index is 1040. The first-order valence-corrected chi connectivity index (χ1v) is 10.1. The first-order chi connectivity index (χ1) is 14.1. The molecule has 3 aromatic rings. The van der Waals surface area contributed by atoms with Crippen LogP contribution in [0.5, 0.6) is 11.5 Å². The molecule has 1 heterocycles. The highest BCUT2D eigenvalue weighted by Gasteiger charge is 2.10. The summed E-state index contributed by atoms with van der Waals surface area (Å²) >= 11 is 0. The molecule has 0 radical (unpaired) electrons. The van der Waals surface area contributed by atoms with Gasteiger partial charge in [-0.1, -0.05) is 42.0 Å². The lowest BCUT2D eigenvalue weighted by Crippen LogP contribution is -2.35. The Balaban J connectivity index is 1.55. The van der Waals surface area contributed by atoms with Crippen LogP contribution in [0.1, 0.15) is 23.1 Å². The van der Waals surface area contributed by atoms with Crippen LogP contribution in [0.3, 0.4) is 0 Å². The van der Waals surface area contributed by atoms with Gasteiger partial charge in [-0.05, 0) is 73.7 Å². The van der Waals surface area contributed by atoms with E-state index in [9.17, 15) is 0 Å². The van der Waals surface area contributed by atoms with Gasteiger partial charge in [-0.25, -0.2) is 0 Å². The summed E-state index contributed by atoms with van der Waals surface area (Å²) in [7, 11) is 0. The van der Waals surface area contributed by atoms with Crippen molar-refractivity contribution in [3.05, 3.63) is 77.4 Å². The van der Waals surface area contributed by atoms with Gasteiger partial charge in [0, 0.05) is 18.8 Å². The smallest absolute Gasteiger partial charge is 0.195 e. The standard InChI is InChI=1S/C25H27N3O/c1-17-8-10-20(11-9-17)21-6-4-7-22(16-21)29-24-15-18(2)23(14-19(24)3)28-25-26-12-5-13-27-25/h4,6-11,14-16H,5,12-13H2,1-3H3,(H2,26,27,28). The lowest BCUT2D eigenvalue weighted by Gasteiger charge is -2.19. The number of rotatable bonds is 4. The molecular weight excluding hydrogens is 358 g/mol. The summed E-state index contributed by atoms with van der Waals surface area (Å²) in [6.45, 7) is 8.08. The molecule has 0 amide bonds. The van der Waals surface area contributed by atoms with E-state index in [-0.39, 0.29) is 0 Å². The SMILES string of the molecule is Cc1ccc(-c2cccc(Oc3cc(C)c(NC4=NCCCN4)cc3C)c2)cc1. The summed E-state index contributed by atoms with van der Waals surface area (Å²) in [5, 5.41) is 6.70. The minimum Gasteiger partial charge on any atom is -0.457 e. The lowest BCUT2D eigenvalue weighted by molar-refractivity contribution is 0.479. The first kappa shape index (κ1) is 19.1. The third-order valence-corrected chi connectivity index (χ3v) is 5.12. The zero-order valence-electron chi connectivity index (χ0n) is 17.3. The molecule has 0 saturated carbocycles. The molecule has 0 bridgehead atoms. The summed E-state index contributed by atoms with van der Waals surface area (Å²) in [6, 6.07) is 21.0. The number of benzene rings is 3. The number of guanidine groups is 1. The second kappa shape index (κ2) is 8.39. The Labute approximate surface area is 172 Å². The molecule has 1 aliphatic heterocycles. The number of nitrogens with zero attached hydrogens (tertiary/aromatic N) is 1. The maximum Gasteiger partial charge on any atom is 0.195 e. The number of nitrogens with one attached hydrogen (secondary N) is 2. The van der Waals surface area contributed by atoms with E-state index in [1.54, 1.807) is 0 Å². The summed E-state index contributed by atoms with van der Waals surface area (Å²) in [4.78, 5) is 4.49. The summed E-state index contributed by atoms with van der Waals surface area (Å²) in [6.07, 6.45) is 1.08. The average molecular weight is 386 g/mol. The van der Waals surface area contributed by atoms with Gasteiger partial charge in [-0.2, -0.15) is 0 Å². The van der Waals surface area contributed by atoms with E-state index in [4.69, 9.17) is 4.74 Å². The van der Waals surface area contributed by atoms with E-state index in [2.05, 4.69) is 84.9 Å². The van der Waals surface area contributed by atoms with Crippen LogP contribution in [-0.2, 0) is 0 Å². The van der Waals surface area contributed by atoms with Crippen molar-refractivity contribution >= 4 is 11.6 Å². The molecular formula is C25H27N3O. The summed E-state index contributed by atoms with van der Waals surface area (Å²) in [5.74, 6) is 2.55. The molecule has 2 N–H and O–H groups in total. The molecule has 0 spiro atoms. The number of hydrogen-bond acceptors (Lipinski definition) is 4. The van der Waals surface area contributed by atoms with E-state index in [0.717, 1.165) is 59.3 Å². The van der Waals surface area contributed by atoms with Crippen molar-refractivity contribution in [2.24, 2.45) is 4.99 Å². The van der Waals surface area contributed by atoms with E-state index in [0.29, 0.717) is 0 Å². The molecule has 0 unspecified atom stereocenters. The highest BCUT2D eigenvalue weighted by Crippen LogP contribution is 2.32. The van der Waals surface area contributed by atoms with Crippen LogP contribution in [0.4, 0.5) is 5.69 Å². The fourth-order valence-corrected chi connectivity index (χ4v) is 3.39. The fourth-order valence-electron chi connectivity index (χ4n) is 3.39. The van der Waals surface area contributed by atoms with E-state index in [1.807, 2.05) is 12.1 Å². The van der Waals surface area contributed by atoms with E-state index >= 15 is 0 Å². The summed E-state index contributed by atoms with van der Waals surface area (Å²) in [5.41, 5.74) is 6.85. The van der Waals surface area contributed by atoms with Crippen LogP contribution in [0.25, 0.3) is 11.1 Å². The largest absolute Gasteiger partial charge is 0.457 e. The highest BCUT2D eigenvalue weighted by molar-refractivity contribution is 5.94. The normalized spacial score (nSPS) is 13.4. The Morgan fingerprint density at radius 3 is 2.48 bits per heavy atom. The van der Waals surface area contributed by atoms with Crippen LogP contribution < -0.4 is 15.4 Å². The zero-order chi connectivity index (χ0) is 20.2. The first-order valence-electron chi connectivity index (χ1n) is 10.1. The van der Waals surface area contributed by atoms with Crippen molar-refractivity contribution in [3.63, 3.8) is 0 Å². The molecule has 0 aliphatic carbocycles. The second-order valence-corrected chi connectivity index (χ2v) is 7.56. The Morgan fingerprint density at radius 2 is 1.72 bits per heavy atom. The molecule has 1 aliphatic rings. The van der Waals surface area contributed by atoms with Gasteiger partial charge in [0.25, 0.3) is 0 Å². The zero-order valence-corrected chi connectivity index (χ0v) is 17.3.